The van der Waals surface area contributed by atoms with Crippen LogP contribution in [-0.2, 0) is 0 Å². The maximum Gasteiger partial charge on any atom is 0.175 e. The summed E-state index contributed by atoms with van der Waals surface area (Å²) in [5.74, 6) is 0.629. The molecule has 0 radical (unpaired) electrons. The van der Waals surface area contributed by atoms with Crippen LogP contribution in [0, 0.1) is 24.1 Å². The molecule has 2 aromatic heterocycles. The molecule has 6 nitrogen and oxygen atoms in total. The maximum atomic E-state index is 15.0. The van der Waals surface area contributed by atoms with Crippen LogP contribution >= 0.6 is 0 Å². The molecule has 0 bridgehead atoms. The fraction of sp³-hybridized carbons (Fsp3) is 0.308. The van der Waals surface area contributed by atoms with Crippen LogP contribution in [0.2, 0.25) is 0 Å². The van der Waals surface area contributed by atoms with Crippen molar-refractivity contribution in [3.8, 4) is 23.3 Å². The third-order valence-electron chi connectivity index (χ3n) is 6.06. The van der Waals surface area contributed by atoms with Crippen LogP contribution in [0.15, 0.2) is 42.6 Å². The molecule has 0 amide bonds. The van der Waals surface area contributed by atoms with Crippen molar-refractivity contribution in [2.45, 2.75) is 26.2 Å². The van der Waals surface area contributed by atoms with Crippen molar-refractivity contribution in [1.82, 2.24) is 14.9 Å². The van der Waals surface area contributed by atoms with Crippen molar-refractivity contribution in [2.24, 2.45) is 0 Å². The lowest BCUT2D eigenvalue weighted by Gasteiger charge is -2.15. The molecule has 168 valence electrons. The van der Waals surface area contributed by atoms with Crippen LogP contribution in [0.4, 0.5) is 4.39 Å². The fourth-order valence-corrected chi connectivity index (χ4v) is 4.41. The van der Waals surface area contributed by atoms with Gasteiger partial charge in [0.05, 0.1) is 17.7 Å². The van der Waals surface area contributed by atoms with Crippen molar-refractivity contribution >= 4 is 21.8 Å². The van der Waals surface area contributed by atoms with E-state index < -0.39 is 5.82 Å². The van der Waals surface area contributed by atoms with E-state index in [9.17, 15) is 5.26 Å². The number of H-pyrrole nitrogens is 1. The Morgan fingerprint density at radius 3 is 2.76 bits per heavy atom. The van der Waals surface area contributed by atoms with Crippen LogP contribution < -0.4 is 9.47 Å². The zero-order valence-electron chi connectivity index (χ0n) is 18.5. The number of benzene rings is 2. The van der Waals surface area contributed by atoms with Gasteiger partial charge in [-0.05, 0) is 69.6 Å². The first kappa shape index (κ1) is 21.2. The predicted molar refractivity (Wildman–Crippen MR) is 125 cm³/mol. The maximum absolute atomic E-state index is 15.0. The monoisotopic (exact) mass is 444 g/mol. The Kier molecular flexibility index (Phi) is 5.84. The van der Waals surface area contributed by atoms with E-state index in [4.69, 9.17) is 9.47 Å². The quantitative estimate of drug-likeness (QED) is 0.371. The number of nitriles is 1. The minimum Gasteiger partial charge on any atom is -0.492 e. The predicted octanol–water partition coefficient (Wildman–Crippen LogP) is 5.69. The van der Waals surface area contributed by atoms with Gasteiger partial charge in [-0.15, -0.1) is 0 Å². The van der Waals surface area contributed by atoms with E-state index in [0.717, 1.165) is 37.3 Å². The summed E-state index contributed by atoms with van der Waals surface area (Å²) in [6.07, 6.45) is 5.04. The smallest absolute Gasteiger partial charge is 0.175 e. The molecule has 1 saturated heterocycles. The molecule has 7 heteroatoms. The molecule has 0 atom stereocenters. The molecule has 1 aliphatic rings. The Hall–Kier alpha value is -3.63. The average Bonchev–Trinajstić information content (AvgIpc) is 3.47. The van der Waals surface area contributed by atoms with E-state index in [2.05, 4.69) is 20.9 Å². The number of pyridine rings is 1. The highest BCUT2D eigenvalue weighted by molar-refractivity contribution is 5.88. The van der Waals surface area contributed by atoms with Crippen molar-refractivity contribution in [2.75, 3.05) is 26.2 Å². The third-order valence-corrected chi connectivity index (χ3v) is 6.06. The minimum absolute atomic E-state index is 0.120. The van der Waals surface area contributed by atoms with Gasteiger partial charge in [0, 0.05) is 40.8 Å². The van der Waals surface area contributed by atoms with E-state index in [-0.39, 0.29) is 5.75 Å². The number of nitrogens with one attached hydrogen (secondary N) is 1. The number of aromatic nitrogens is 2. The zero-order valence-corrected chi connectivity index (χ0v) is 18.5. The van der Waals surface area contributed by atoms with Crippen molar-refractivity contribution in [3.05, 3.63) is 59.7 Å². The lowest BCUT2D eigenvalue weighted by molar-refractivity contribution is 0.263. The SMILES string of the molecule is Cc1cc2c(F)c(Oc3ccnc4cc(OCCCN5CCCC5)c(C#N)cc34)ccc2[nH]1. The largest absolute Gasteiger partial charge is 0.492 e. The summed E-state index contributed by atoms with van der Waals surface area (Å²) in [7, 11) is 0. The second-order valence-electron chi connectivity index (χ2n) is 8.43. The van der Waals surface area contributed by atoms with Crippen molar-refractivity contribution in [1.29, 1.82) is 5.26 Å². The number of halogens is 1. The van der Waals surface area contributed by atoms with Gasteiger partial charge in [-0.2, -0.15) is 5.26 Å². The number of hydrogen-bond donors (Lipinski definition) is 1. The summed E-state index contributed by atoms with van der Waals surface area (Å²) in [4.78, 5) is 9.97. The summed E-state index contributed by atoms with van der Waals surface area (Å²) < 4.78 is 26.9. The molecule has 2 aromatic carbocycles. The Bertz CT molecular complexity index is 1350. The van der Waals surface area contributed by atoms with Gasteiger partial charge < -0.3 is 19.4 Å². The number of hydrogen-bond acceptors (Lipinski definition) is 5. The number of aryl methyl sites for hydroxylation is 1. The second-order valence-corrected chi connectivity index (χ2v) is 8.43. The minimum atomic E-state index is -0.430. The molecule has 0 saturated carbocycles. The zero-order chi connectivity index (χ0) is 22.8. The molecule has 0 aliphatic carbocycles. The highest BCUT2D eigenvalue weighted by atomic mass is 19.1. The van der Waals surface area contributed by atoms with Gasteiger partial charge in [-0.25, -0.2) is 4.39 Å². The topological polar surface area (TPSA) is 74.2 Å². The van der Waals surface area contributed by atoms with Crippen LogP contribution in [0.25, 0.3) is 21.8 Å². The van der Waals surface area contributed by atoms with Crippen LogP contribution in [0.5, 0.6) is 17.2 Å². The normalized spacial score (nSPS) is 14.1. The molecule has 33 heavy (non-hydrogen) atoms. The molecular formula is C26H25FN4O2. The van der Waals surface area contributed by atoms with Crippen LogP contribution in [0.1, 0.15) is 30.5 Å². The first-order valence-corrected chi connectivity index (χ1v) is 11.3. The summed E-state index contributed by atoms with van der Waals surface area (Å²) in [5, 5.41) is 10.8. The van der Waals surface area contributed by atoms with Gasteiger partial charge >= 0.3 is 0 Å². The molecule has 5 rings (SSSR count). The highest BCUT2D eigenvalue weighted by Gasteiger charge is 2.16. The Balaban J connectivity index is 1.39. The number of likely N-dealkylation sites (tertiary alicyclic amines) is 1. The van der Waals surface area contributed by atoms with Crippen molar-refractivity contribution in [3.63, 3.8) is 0 Å². The van der Waals surface area contributed by atoms with E-state index >= 15 is 4.39 Å². The summed E-state index contributed by atoms with van der Waals surface area (Å²) in [6.45, 7) is 5.73. The molecule has 1 aliphatic heterocycles. The lowest BCUT2D eigenvalue weighted by atomic mass is 10.1. The number of rotatable bonds is 7. The van der Waals surface area contributed by atoms with Crippen molar-refractivity contribution < 1.29 is 13.9 Å². The molecule has 1 N–H and O–H groups in total. The summed E-state index contributed by atoms with van der Waals surface area (Å²) in [5.41, 5.74) is 2.62. The van der Waals surface area contributed by atoms with Crippen LogP contribution in [-0.4, -0.2) is 41.1 Å². The standard InChI is InChI=1S/C26H25FN4O2/c1-17-13-20-21(30-17)5-6-24(26(20)27)33-23-7-8-29-22-15-25(18(16-28)14-19(22)23)32-12-4-11-31-9-2-3-10-31/h5-8,13-15,30H,2-4,9-12H2,1H3. The summed E-state index contributed by atoms with van der Waals surface area (Å²) >= 11 is 0. The van der Waals surface area contributed by atoms with Gasteiger partial charge in [0.25, 0.3) is 0 Å². The molecular weight excluding hydrogens is 419 g/mol. The first-order chi connectivity index (χ1) is 16.1. The number of fused-ring (bicyclic) bond motifs is 2. The Morgan fingerprint density at radius 2 is 1.94 bits per heavy atom. The van der Waals surface area contributed by atoms with Gasteiger partial charge in [0.15, 0.2) is 11.6 Å². The van der Waals surface area contributed by atoms with Crippen LogP contribution in [0.3, 0.4) is 0 Å². The molecule has 0 unspecified atom stereocenters. The number of aromatic amines is 1. The number of ether oxygens (including phenoxy) is 2. The van der Waals surface area contributed by atoms with E-state index in [1.54, 1.807) is 42.6 Å². The van der Waals surface area contributed by atoms with E-state index in [1.807, 2.05) is 6.92 Å². The second kappa shape index (κ2) is 9.08. The summed E-state index contributed by atoms with van der Waals surface area (Å²) in [6, 6.07) is 12.5. The molecule has 0 spiro atoms. The van der Waals surface area contributed by atoms with Gasteiger partial charge in [-0.3, -0.25) is 4.98 Å². The van der Waals surface area contributed by atoms with E-state index in [0.29, 0.717) is 40.0 Å². The lowest BCUT2D eigenvalue weighted by Crippen LogP contribution is -2.22. The third kappa shape index (κ3) is 4.35. The Labute approximate surface area is 191 Å². The van der Waals surface area contributed by atoms with Gasteiger partial charge in [-0.1, -0.05) is 0 Å². The molecule has 3 heterocycles. The van der Waals surface area contributed by atoms with Gasteiger partial charge in [0.1, 0.15) is 17.6 Å². The number of nitrogens with zero attached hydrogens (tertiary/aromatic N) is 3. The molecule has 1 fully saturated rings. The average molecular weight is 445 g/mol. The van der Waals surface area contributed by atoms with E-state index in [1.165, 1.54) is 12.8 Å². The Morgan fingerprint density at radius 1 is 1.09 bits per heavy atom. The highest BCUT2D eigenvalue weighted by Crippen LogP contribution is 2.35. The molecule has 4 aromatic rings. The van der Waals surface area contributed by atoms with Gasteiger partial charge in [0.2, 0.25) is 0 Å². The first-order valence-electron chi connectivity index (χ1n) is 11.3. The fourth-order valence-electron chi connectivity index (χ4n) is 4.41.